The topological polar surface area (TPSA) is 44.2 Å². The van der Waals surface area contributed by atoms with Crippen LogP contribution in [0.3, 0.4) is 0 Å². The second kappa shape index (κ2) is 6.54. The van der Waals surface area contributed by atoms with Gasteiger partial charge < -0.3 is 9.47 Å². The second-order valence-electron chi connectivity index (χ2n) is 5.25. The molecule has 23 heavy (non-hydrogen) atoms. The van der Waals surface area contributed by atoms with E-state index in [1.165, 1.54) is 0 Å². The Bertz CT molecular complexity index is 848. The van der Waals surface area contributed by atoms with Crippen molar-refractivity contribution in [2.45, 2.75) is 13.3 Å². The molecule has 0 atom stereocenters. The largest absolute Gasteiger partial charge is 0.496 e. The number of ether oxygens (including phenoxy) is 2. The fourth-order valence-electron chi connectivity index (χ4n) is 2.89. The minimum Gasteiger partial charge on any atom is -0.496 e. The molecule has 0 bridgehead atoms. The molecule has 0 aliphatic rings. The molecule has 5 heteroatoms. The lowest BCUT2D eigenvalue weighted by atomic mass is 9.95. The van der Waals surface area contributed by atoms with Crippen LogP contribution in [0, 0.1) is 6.92 Å². The summed E-state index contributed by atoms with van der Waals surface area (Å²) in [5.41, 5.74) is 3.19. The first-order valence-corrected chi connectivity index (χ1v) is 8.03. The first kappa shape index (κ1) is 15.7. The van der Waals surface area contributed by atoms with Crippen LogP contribution in [0.4, 0.5) is 0 Å². The summed E-state index contributed by atoms with van der Waals surface area (Å²) in [6.07, 6.45) is 4.32. The van der Waals surface area contributed by atoms with Gasteiger partial charge in [0, 0.05) is 35.2 Å². The third-order valence-corrected chi connectivity index (χ3v) is 4.36. The fourth-order valence-corrected chi connectivity index (χ4v) is 3.10. The minimum atomic E-state index is 0.584. The fraction of sp³-hybridized carbons (Fsp3) is 0.222. The molecule has 0 radical (unpaired) electrons. The van der Waals surface area contributed by atoms with E-state index in [1.807, 2.05) is 24.5 Å². The van der Waals surface area contributed by atoms with Crippen molar-refractivity contribution < 1.29 is 9.47 Å². The number of rotatable bonds is 4. The molecule has 118 valence electrons. The van der Waals surface area contributed by atoms with Gasteiger partial charge in [-0.25, -0.2) is 9.97 Å². The SMILES string of the molecule is COc1c(C)c(Cc2cnc(Br)nc2)c(OC)c2ccccc12. The Balaban J connectivity index is 2.22. The number of halogens is 1. The Labute approximate surface area is 143 Å². The standard InChI is InChI=1S/C18H17BrN2O2/c1-11-15(8-12-9-20-18(19)21-10-12)17(23-3)14-7-5-4-6-13(14)16(11)22-2/h4-7,9-10H,8H2,1-3H3. The molecule has 2 aromatic carbocycles. The molecule has 0 N–H and O–H groups in total. The maximum absolute atomic E-state index is 5.73. The lowest BCUT2D eigenvalue weighted by molar-refractivity contribution is 0.404. The number of nitrogens with zero attached hydrogens (tertiary/aromatic N) is 2. The summed E-state index contributed by atoms with van der Waals surface area (Å²) in [5.74, 6) is 1.76. The van der Waals surface area contributed by atoms with Crippen molar-refractivity contribution in [1.29, 1.82) is 0 Å². The molecule has 0 fully saturated rings. The maximum atomic E-state index is 5.73. The average molecular weight is 373 g/mol. The van der Waals surface area contributed by atoms with Gasteiger partial charge in [-0.15, -0.1) is 0 Å². The van der Waals surface area contributed by atoms with Gasteiger partial charge in [0.05, 0.1) is 14.2 Å². The molecule has 0 aliphatic carbocycles. The molecule has 0 amide bonds. The molecule has 3 rings (SSSR count). The highest BCUT2D eigenvalue weighted by atomic mass is 79.9. The van der Waals surface area contributed by atoms with Crippen LogP contribution >= 0.6 is 15.9 Å². The van der Waals surface area contributed by atoms with Crippen LogP contribution in [-0.4, -0.2) is 24.2 Å². The molecule has 0 saturated carbocycles. The van der Waals surface area contributed by atoms with Gasteiger partial charge in [0.15, 0.2) is 4.73 Å². The number of hydrogen-bond acceptors (Lipinski definition) is 4. The zero-order chi connectivity index (χ0) is 16.4. The van der Waals surface area contributed by atoms with Crippen molar-refractivity contribution in [1.82, 2.24) is 9.97 Å². The number of benzene rings is 2. The van der Waals surface area contributed by atoms with Crippen LogP contribution in [0.2, 0.25) is 0 Å². The van der Waals surface area contributed by atoms with Gasteiger partial charge in [-0.05, 0) is 34.0 Å². The Morgan fingerprint density at radius 1 is 0.957 bits per heavy atom. The van der Waals surface area contributed by atoms with Gasteiger partial charge >= 0.3 is 0 Å². The van der Waals surface area contributed by atoms with Crippen molar-refractivity contribution in [3.63, 3.8) is 0 Å². The van der Waals surface area contributed by atoms with Crippen LogP contribution in [0.5, 0.6) is 11.5 Å². The Morgan fingerprint density at radius 3 is 2.09 bits per heavy atom. The Kier molecular flexibility index (Phi) is 4.48. The van der Waals surface area contributed by atoms with Crippen LogP contribution in [0.25, 0.3) is 10.8 Å². The summed E-state index contributed by atoms with van der Waals surface area (Å²) in [4.78, 5) is 8.40. The van der Waals surface area contributed by atoms with Crippen molar-refractivity contribution in [2.24, 2.45) is 0 Å². The molecular formula is C18H17BrN2O2. The van der Waals surface area contributed by atoms with E-state index in [9.17, 15) is 0 Å². The lowest BCUT2D eigenvalue weighted by Crippen LogP contribution is -2.02. The van der Waals surface area contributed by atoms with E-state index >= 15 is 0 Å². The molecule has 3 aromatic rings. The van der Waals surface area contributed by atoms with E-state index < -0.39 is 0 Å². The van der Waals surface area contributed by atoms with Gasteiger partial charge in [-0.3, -0.25) is 0 Å². The predicted molar refractivity (Wildman–Crippen MR) is 94.3 cm³/mol. The molecule has 0 aliphatic heterocycles. The van der Waals surface area contributed by atoms with Gasteiger partial charge in [0.25, 0.3) is 0 Å². The zero-order valence-corrected chi connectivity index (χ0v) is 14.8. The first-order valence-electron chi connectivity index (χ1n) is 7.24. The van der Waals surface area contributed by atoms with E-state index in [0.29, 0.717) is 11.2 Å². The van der Waals surface area contributed by atoms with Crippen molar-refractivity contribution in [2.75, 3.05) is 14.2 Å². The molecule has 0 saturated heterocycles. The molecule has 1 heterocycles. The third kappa shape index (κ3) is 2.88. The monoisotopic (exact) mass is 372 g/mol. The van der Waals surface area contributed by atoms with Gasteiger partial charge in [-0.1, -0.05) is 24.3 Å². The highest BCUT2D eigenvalue weighted by molar-refractivity contribution is 9.10. The number of fused-ring (bicyclic) bond motifs is 1. The second-order valence-corrected chi connectivity index (χ2v) is 5.96. The number of methoxy groups -OCH3 is 2. The molecule has 0 unspecified atom stereocenters. The smallest absolute Gasteiger partial charge is 0.196 e. The summed E-state index contributed by atoms with van der Waals surface area (Å²) in [6.45, 7) is 2.06. The van der Waals surface area contributed by atoms with E-state index in [1.54, 1.807) is 14.2 Å². The summed E-state index contributed by atoms with van der Waals surface area (Å²) in [6, 6.07) is 8.12. The average Bonchev–Trinajstić information content (AvgIpc) is 2.57. The summed E-state index contributed by atoms with van der Waals surface area (Å²) in [5, 5.41) is 2.10. The summed E-state index contributed by atoms with van der Waals surface area (Å²) in [7, 11) is 3.41. The van der Waals surface area contributed by atoms with Crippen molar-refractivity contribution in [3.8, 4) is 11.5 Å². The van der Waals surface area contributed by atoms with Crippen LogP contribution in [-0.2, 0) is 6.42 Å². The predicted octanol–water partition coefficient (Wildman–Crippen LogP) is 4.31. The normalized spacial score (nSPS) is 10.8. The molecule has 4 nitrogen and oxygen atoms in total. The molecule has 1 aromatic heterocycles. The number of hydrogen-bond donors (Lipinski definition) is 0. The van der Waals surface area contributed by atoms with E-state index in [-0.39, 0.29) is 0 Å². The summed E-state index contributed by atoms with van der Waals surface area (Å²) >= 11 is 3.26. The Morgan fingerprint density at radius 2 is 1.52 bits per heavy atom. The van der Waals surface area contributed by atoms with Gasteiger partial charge in [0.2, 0.25) is 0 Å². The Hall–Kier alpha value is -2.14. The van der Waals surface area contributed by atoms with E-state index in [0.717, 1.165) is 39.0 Å². The minimum absolute atomic E-state index is 0.584. The third-order valence-electron chi connectivity index (χ3n) is 3.95. The maximum Gasteiger partial charge on any atom is 0.196 e. The highest BCUT2D eigenvalue weighted by Gasteiger charge is 2.18. The van der Waals surface area contributed by atoms with Crippen LogP contribution < -0.4 is 9.47 Å². The molecular weight excluding hydrogens is 356 g/mol. The van der Waals surface area contributed by atoms with E-state index in [2.05, 4.69) is 45.0 Å². The van der Waals surface area contributed by atoms with E-state index in [4.69, 9.17) is 9.47 Å². The highest BCUT2D eigenvalue weighted by Crippen LogP contribution is 2.41. The van der Waals surface area contributed by atoms with Gasteiger partial charge in [0.1, 0.15) is 11.5 Å². The van der Waals surface area contributed by atoms with Crippen LogP contribution in [0.1, 0.15) is 16.7 Å². The summed E-state index contributed by atoms with van der Waals surface area (Å²) < 4.78 is 12.0. The zero-order valence-electron chi connectivity index (χ0n) is 13.3. The number of aromatic nitrogens is 2. The van der Waals surface area contributed by atoms with Crippen molar-refractivity contribution >= 4 is 26.7 Å². The van der Waals surface area contributed by atoms with Crippen LogP contribution in [0.15, 0.2) is 41.4 Å². The molecule has 0 spiro atoms. The first-order chi connectivity index (χ1) is 11.2. The van der Waals surface area contributed by atoms with Crippen molar-refractivity contribution in [3.05, 3.63) is 58.1 Å². The lowest BCUT2D eigenvalue weighted by Gasteiger charge is -2.18. The van der Waals surface area contributed by atoms with Gasteiger partial charge in [-0.2, -0.15) is 0 Å². The quantitative estimate of drug-likeness (QED) is 0.640.